The Morgan fingerprint density at radius 3 is 2.29 bits per heavy atom. The van der Waals surface area contributed by atoms with E-state index in [1.165, 1.54) is 5.01 Å². The van der Waals surface area contributed by atoms with Crippen LogP contribution < -0.4 is 5.01 Å². The first-order chi connectivity index (χ1) is 10.00. The maximum Gasteiger partial charge on any atom is 0.270 e. The van der Waals surface area contributed by atoms with Gasteiger partial charge in [0, 0.05) is 4.47 Å². The molecule has 0 aliphatic carbocycles. The van der Waals surface area contributed by atoms with Crippen LogP contribution in [-0.2, 0) is 4.79 Å². The van der Waals surface area contributed by atoms with Gasteiger partial charge in [-0.1, -0.05) is 62.2 Å². The van der Waals surface area contributed by atoms with Crippen LogP contribution in [0.4, 0.5) is 5.69 Å². The summed E-state index contributed by atoms with van der Waals surface area (Å²) in [5.74, 6) is -0.0938. The fourth-order valence-corrected chi connectivity index (χ4v) is 2.96. The maximum absolute atomic E-state index is 12.6. The molecule has 3 nitrogen and oxygen atoms in total. The molecule has 1 atom stereocenters. The molecule has 106 valence electrons. The molecule has 0 saturated carbocycles. The first kappa shape index (κ1) is 14.5. The second-order valence-electron chi connectivity index (χ2n) is 4.91. The summed E-state index contributed by atoms with van der Waals surface area (Å²) in [6, 6.07) is 17.2. The van der Waals surface area contributed by atoms with Crippen LogP contribution in [0.25, 0.3) is 0 Å². The number of nitrogens with zero attached hydrogens (tertiary/aromatic N) is 2. The van der Waals surface area contributed by atoms with Gasteiger partial charge in [-0.3, -0.25) is 4.79 Å². The van der Waals surface area contributed by atoms with Gasteiger partial charge in [-0.2, -0.15) is 10.1 Å². The number of rotatable bonds is 2. The number of carbonyl (C=O) groups excluding carboxylic acids is 1. The number of amides is 1. The molecule has 21 heavy (non-hydrogen) atoms. The van der Waals surface area contributed by atoms with Crippen LogP contribution in [0.3, 0.4) is 0 Å². The van der Waals surface area contributed by atoms with E-state index in [-0.39, 0.29) is 5.91 Å². The van der Waals surface area contributed by atoms with E-state index in [4.69, 9.17) is 0 Å². The number of halogens is 2. The van der Waals surface area contributed by atoms with E-state index in [2.05, 4.69) is 37.0 Å². The molecule has 1 amide bonds. The van der Waals surface area contributed by atoms with Gasteiger partial charge in [-0.25, -0.2) is 0 Å². The predicted molar refractivity (Wildman–Crippen MR) is 91.9 cm³/mol. The van der Waals surface area contributed by atoms with Crippen molar-refractivity contribution in [2.75, 3.05) is 5.01 Å². The number of anilines is 1. The molecule has 0 fully saturated rings. The van der Waals surface area contributed by atoms with Crippen LogP contribution in [-0.4, -0.2) is 15.9 Å². The zero-order chi connectivity index (χ0) is 15.0. The van der Waals surface area contributed by atoms with Gasteiger partial charge in [0.25, 0.3) is 5.91 Å². The summed E-state index contributed by atoms with van der Waals surface area (Å²) in [4.78, 5) is 12.6. The van der Waals surface area contributed by atoms with E-state index in [1.54, 1.807) is 0 Å². The second-order valence-corrected chi connectivity index (χ2v) is 7.41. The summed E-state index contributed by atoms with van der Waals surface area (Å²) in [6.07, 6.45) is 0. The van der Waals surface area contributed by atoms with Crippen molar-refractivity contribution < 1.29 is 4.79 Å². The Hall–Kier alpha value is -1.46. The van der Waals surface area contributed by atoms with Crippen LogP contribution in [0.5, 0.6) is 0 Å². The summed E-state index contributed by atoms with van der Waals surface area (Å²) in [5, 5.41) is 5.98. The third-order valence-corrected chi connectivity index (χ3v) is 4.60. The lowest BCUT2D eigenvalue weighted by atomic mass is 9.98. The molecule has 2 aromatic rings. The van der Waals surface area contributed by atoms with Crippen molar-refractivity contribution >= 4 is 49.2 Å². The van der Waals surface area contributed by atoms with E-state index in [0.717, 1.165) is 21.4 Å². The fraction of sp³-hybridized carbons (Fsp3) is 0.125. The Labute approximate surface area is 139 Å². The molecule has 1 heterocycles. The summed E-state index contributed by atoms with van der Waals surface area (Å²) in [7, 11) is 0. The summed E-state index contributed by atoms with van der Waals surface area (Å²) < 4.78 is 0.147. The molecule has 0 aromatic heterocycles. The average molecular weight is 408 g/mol. The van der Waals surface area contributed by atoms with Gasteiger partial charge < -0.3 is 0 Å². The molecule has 1 aliphatic heterocycles. The highest BCUT2D eigenvalue weighted by Crippen LogP contribution is 2.35. The van der Waals surface area contributed by atoms with Crippen molar-refractivity contribution in [2.24, 2.45) is 5.10 Å². The predicted octanol–water partition coefficient (Wildman–Crippen LogP) is 4.35. The van der Waals surface area contributed by atoms with Gasteiger partial charge >= 0.3 is 0 Å². The molecule has 1 aliphatic rings. The fourth-order valence-electron chi connectivity index (χ4n) is 2.22. The minimum Gasteiger partial charge on any atom is -0.270 e. The normalized spacial score (nSPS) is 21.6. The van der Waals surface area contributed by atoms with Crippen LogP contribution in [0.15, 0.2) is 64.2 Å². The van der Waals surface area contributed by atoms with E-state index in [9.17, 15) is 4.79 Å². The van der Waals surface area contributed by atoms with Gasteiger partial charge in [-0.05, 0) is 36.8 Å². The molecular formula is C16H12Br2N2O. The van der Waals surface area contributed by atoms with E-state index < -0.39 is 4.32 Å². The van der Waals surface area contributed by atoms with Gasteiger partial charge in [-0.15, -0.1) is 0 Å². The molecule has 0 N–H and O–H groups in total. The molecule has 1 unspecified atom stereocenters. The zero-order valence-corrected chi connectivity index (χ0v) is 14.4. The number of hydrazone groups is 1. The Bertz CT molecular complexity index is 709. The zero-order valence-electron chi connectivity index (χ0n) is 11.3. The summed E-state index contributed by atoms with van der Waals surface area (Å²) in [5.41, 5.74) is 2.40. The second kappa shape index (κ2) is 5.39. The Balaban J connectivity index is 2.06. The third-order valence-electron chi connectivity index (χ3n) is 3.36. The molecule has 0 saturated heterocycles. The van der Waals surface area contributed by atoms with Crippen molar-refractivity contribution in [1.82, 2.24) is 0 Å². The highest BCUT2D eigenvalue weighted by atomic mass is 79.9. The van der Waals surface area contributed by atoms with Gasteiger partial charge in [0.15, 0.2) is 0 Å². The van der Waals surface area contributed by atoms with Crippen LogP contribution in [0.2, 0.25) is 0 Å². The van der Waals surface area contributed by atoms with Gasteiger partial charge in [0.05, 0.1) is 11.4 Å². The summed E-state index contributed by atoms with van der Waals surface area (Å²) >= 11 is 6.92. The van der Waals surface area contributed by atoms with Crippen molar-refractivity contribution in [1.29, 1.82) is 0 Å². The quantitative estimate of drug-likeness (QED) is 0.681. The molecule has 2 aromatic carbocycles. The smallest absolute Gasteiger partial charge is 0.270 e. The Kier molecular flexibility index (Phi) is 3.71. The summed E-state index contributed by atoms with van der Waals surface area (Å²) in [6.45, 7) is 1.83. The molecule has 5 heteroatoms. The first-order valence-electron chi connectivity index (χ1n) is 6.43. The monoisotopic (exact) mass is 406 g/mol. The van der Waals surface area contributed by atoms with E-state index >= 15 is 0 Å². The van der Waals surface area contributed by atoms with Crippen LogP contribution in [0, 0.1) is 0 Å². The molecule has 0 spiro atoms. The number of carbonyl (C=O) groups is 1. The van der Waals surface area contributed by atoms with Crippen LogP contribution >= 0.6 is 31.9 Å². The lowest BCUT2D eigenvalue weighted by Gasteiger charge is -2.17. The minimum atomic E-state index is -0.818. The third kappa shape index (κ3) is 2.56. The van der Waals surface area contributed by atoms with Crippen molar-refractivity contribution in [3.63, 3.8) is 0 Å². The van der Waals surface area contributed by atoms with Gasteiger partial charge in [0.2, 0.25) is 0 Å². The van der Waals surface area contributed by atoms with Crippen molar-refractivity contribution in [2.45, 2.75) is 11.2 Å². The first-order valence-corrected chi connectivity index (χ1v) is 8.02. The topological polar surface area (TPSA) is 32.7 Å². The molecule has 0 bridgehead atoms. The van der Waals surface area contributed by atoms with Crippen molar-refractivity contribution in [3.05, 3.63) is 64.6 Å². The average Bonchev–Trinajstić information content (AvgIpc) is 2.72. The van der Waals surface area contributed by atoms with E-state index in [1.807, 2.05) is 61.5 Å². The minimum absolute atomic E-state index is 0.0938. The number of hydrogen-bond donors (Lipinski definition) is 0. The molecule has 3 rings (SSSR count). The SMILES string of the molecule is CC1(Br)C(=O)N(c2ccc(Br)cc2)N=C1c1ccccc1. The lowest BCUT2D eigenvalue weighted by molar-refractivity contribution is -0.118. The van der Waals surface area contributed by atoms with Crippen molar-refractivity contribution in [3.8, 4) is 0 Å². The Morgan fingerprint density at radius 2 is 1.67 bits per heavy atom. The number of hydrogen-bond acceptors (Lipinski definition) is 2. The van der Waals surface area contributed by atoms with E-state index in [0.29, 0.717) is 0 Å². The lowest BCUT2D eigenvalue weighted by Crippen LogP contribution is -2.38. The molecule has 0 radical (unpaired) electrons. The highest BCUT2D eigenvalue weighted by Gasteiger charge is 2.46. The standard InChI is InChI=1S/C16H12Br2N2O/c1-16(18)14(11-5-3-2-4-6-11)19-20(15(16)21)13-9-7-12(17)8-10-13/h2-10H,1H3. The molecular weight excluding hydrogens is 396 g/mol. The number of benzene rings is 2. The highest BCUT2D eigenvalue weighted by molar-refractivity contribution is 9.10. The van der Waals surface area contributed by atoms with Gasteiger partial charge in [0.1, 0.15) is 4.32 Å². The largest absolute Gasteiger partial charge is 0.270 e. The number of alkyl halides is 1. The van der Waals surface area contributed by atoms with Crippen LogP contribution in [0.1, 0.15) is 12.5 Å². The maximum atomic E-state index is 12.6. The Morgan fingerprint density at radius 1 is 1.05 bits per heavy atom.